The number of unbranched alkanes of at least 4 members (excludes halogenated alkanes) is 2. The van der Waals surface area contributed by atoms with Gasteiger partial charge in [-0.25, -0.2) is 8.42 Å². The summed E-state index contributed by atoms with van der Waals surface area (Å²) in [5.41, 5.74) is 8.36. The summed E-state index contributed by atoms with van der Waals surface area (Å²) < 4.78 is 34.7. The van der Waals surface area contributed by atoms with Gasteiger partial charge in [-0.1, -0.05) is 49.2 Å². The molecule has 0 saturated carbocycles. The molecule has 1 heterocycles. The molecule has 3 atom stereocenters. The molecule has 49 heavy (non-hydrogen) atoms. The first-order valence-corrected chi connectivity index (χ1v) is 17.9. The zero-order valence-corrected chi connectivity index (χ0v) is 29.3. The van der Waals surface area contributed by atoms with Crippen molar-refractivity contribution in [3.05, 3.63) is 77.9 Å². The average molecular weight is 694 g/mol. The van der Waals surface area contributed by atoms with Crippen LogP contribution in [0.4, 0.5) is 17.1 Å². The number of aliphatic hydroxyl groups excluding tert-OH is 1. The van der Waals surface area contributed by atoms with Gasteiger partial charge in [0.1, 0.15) is 6.10 Å². The largest absolute Gasteiger partial charge is 0.486 e. The minimum Gasteiger partial charge on any atom is -0.486 e. The van der Waals surface area contributed by atoms with Crippen molar-refractivity contribution >= 4 is 44.8 Å². The number of fused-ring (bicyclic) bond motifs is 1. The quantitative estimate of drug-likeness (QED) is 0.140. The highest BCUT2D eigenvalue weighted by molar-refractivity contribution is 7.89. The third kappa shape index (κ3) is 9.58. The van der Waals surface area contributed by atoms with Crippen LogP contribution in [0.2, 0.25) is 0 Å². The fourth-order valence-electron chi connectivity index (χ4n) is 5.59. The lowest BCUT2D eigenvalue weighted by Gasteiger charge is -2.38. The molecule has 12 nitrogen and oxygen atoms in total. The molecule has 1 aliphatic rings. The molecule has 3 aromatic carbocycles. The Balaban J connectivity index is 1.46. The van der Waals surface area contributed by atoms with Crippen LogP contribution >= 0.6 is 0 Å². The second-order valence-electron chi connectivity index (χ2n) is 12.6. The highest BCUT2D eigenvalue weighted by Gasteiger charge is 2.36. The number of sulfonamides is 1. The summed E-state index contributed by atoms with van der Waals surface area (Å²) in [6, 6.07) is 18.0. The molecule has 0 fully saturated rings. The lowest BCUT2D eigenvalue weighted by molar-refractivity contribution is -0.116. The summed E-state index contributed by atoms with van der Waals surface area (Å²) >= 11 is 0. The normalized spacial score (nSPS) is 17.0. The predicted octanol–water partition coefficient (Wildman–Crippen LogP) is 4.65. The first kappa shape index (κ1) is 37.4. The number of nitrogens with two attached hydrogens (primary N) is 1. The number of amides is 3. The fourth-order valence-corrected chi connectivity index (χ4v) is 6.77. The van der Waals surface area contributed by atoms with E-state index in [9.17, 15) is 27.9 Å². The zero-order chi connectivity index (χ0) is 35.7. The van der Waals surface area contributed by atoms with Crippen molar-refractivity contribution in [2.45, 2.75) is 69.9 Å². The van der Waals surface area contributed by atoms with Crippen LogP contribution in [0.25, 0.3) is 0 Å². The molecule has 0 aliphatic carbocycles. The second-order valence-corrected chi connectivity index (χ2v) is 14.7. The highest BCUT2D eigenvalue weighted by Crippen LogP contribution is 2.35. The van der Waals surface area contributed by atoms with Gasteiger partial charge in [-0.3, -0.25) is 14.4 Å². The minimum absolute atomic E-state index is 0.0287. The Bertz CT molecular complexity index is 1730. The molecule has 0 aromatic heterocycles. The van der Waals surface area contributed by atoms with Gasteiger partial charge in [0, 0.05) is 32.4 Å². The van der Waals surface area contributed by atoms with Gasteiger partial charge in [0.25, 0.3) is 5.91 Å². The summed E-state index contributed by atoms with van der Waals surface area (Å²) in [5, 5.41) is 15.6. The second kappa shape index (κ2) is 16.8. The predicted molar refractivity (Wildman–Crippen MR) is 190 cm³/mol. The topological polar surface area (TPSA) is 171 Å². The minimum atomic E-state index is -3.86. The molecular formula is C36H47N5O7S. The summed E-state index contributed by atoms with van der Waals surface area (Å²) in [7, 11) is -2.37. The molecule has 13 heteroatoms. The van der Waals surface area contributed by atoms with Gasteiger partial charge < -0.3 is 31.1 Å². The Hall–Kier alpha value is -4.46. The van der Waals surface area contributed by atoms with Crippen molar-refractivity contribution in [1.82, 2.24) is 9.21 Å². The van der Waals surface area contributed by atoms with Crippen LogP contribution in [0, 0.1) is 12.8 Å². The van der Waals surface area contributed by atoms with Crippen molar-refractivity contribution in [2.75, 3.05) is 43.1 Å². The molecular weight excluding hydrogens is 646 g/mol. The Morgan fingerprint density at radius 3 is 2.22 bits per heavy atom. The molecule has 0 spiro atoms. The summed E-state index contributed by atoms with van der Waals surface area (Å²) in [6.07, 6.45) is 1.51. The van der Waals surface area contributed by atoms with Crippen molar-refractivity contribution < 1.29 is 32.6 Å². The van der Waals surface area contributed by atoms with E-state index in [2.05, 4.69) is 10.6 Å². The number of anilines is 3. The first-order valence-electron chi connectivity index (χ1n) is 16.5. The molecule has 0 unspecified atom stereocenters. The number of benzene rings is 3. The maximum absolute atomic E-state index is 13.8. The molecule has 0 saturated heterocycles. The average Bonchev–Trinajstić information content (AvgIpc) is 3.07. The summed E-state index contributed by atoms with van der Waals surface area (Å²) in [4.78, 5) is 40.9. The van der Waals surface area contributed by atoms with Crippen LogP contribution in [-0.2, 0) is 19.6 Å². The Morgan fingerprint density at radius 2 is 1.59 bits per heavy atom. The SMILES string of the molecule is Cc1ccc(S(=O)(=O)N(C)C[C@@H]2Oc3c(NC(=O)CCCCCC(=O)Nc4ccccc4N)cccc3C(=O)N([C@@H](C)CO)C[C@H]2C)cc1. The van der Waals surface area contributed by atoms with E-state index in [1.165, 1.54) is 11.4 Å². The van der Waals surface area contributed by atoms with Gasteiger partial charge in [0.05, 0.1) is 46.7 Å². The van der Waals surface area contributed by atoms with E-state index in [0.29, 0.717) is 30.6 Å². The molecule has 0 bridgehead atoms. The number of nitrogens with one attached hydrogen (secondary N) is 2. The van der Waals surface area contributed by atoms with Crippen molar-refractivity contribution in [2.24, 2.45) is 5.92 Å². The number of ether oxygens (including phenoxy) is 1. The van der Waals surface area contributed by atoms with Crippen molar-refractivity contribution in [3.63, 3.8) is 0 Å². The maximum Gasteiger partial charge on any atom is 0.258 e. The summed E-state index contributed by atoms with van der Waals surface area (Å²) in [6.45, 7) is 5.41. The monoisotopic (exact) mass is 693 g/mol. The van der Waals surface area contributed by atoms with E-state index in [1.54, 1.807) is 78.6 Å². The van der Waals surface area contributed by atoms with Crippen molar-refractivity contribution in [3.8, 4) is 5.75 Å². The smallest absolute Gasteiger partial charge is 0.258 e. The number of likely N-dealkylation sites (N-methyl/N-ethyl adjacent to an activating group) is 1. The Kier molecular flexibility index (Phi) is 12.8. The molecule has 5 N–H and O–H groups in total. The zero-order valence-electron chi connectivity index (χ0n) is 28.5. The Labute approximate surface area is 288 Å². The van der Waals surface area contributed by atoms with E-state index in [-0.39, 0.29) is 78.1 Å². The van der Waals surface area contributed by atoms with E-state index in [4.69, 9.17) is 10.5 Å². The molecule has 3 aromatic rings. The van der Waals surface area contributed by atoms with Crippen LogP contribution in [0.15, 0.2) is 71.6 Å². The van der Waals surface area contributed by atoms with E-state index in [1.807, 2.05) is 13.8 Å². The number of para-hydroxylation sites is 3. The van der Waals surface area contributed by atoms with Gasteiger partial charge in [0.2, 0.25) is 21.8 Å². The lowest BCUT2D eigenvalue weighted by atomic mass is 9.99. The van der Waals surface area contributed by atoms with Crippen LogP contribution in [-0.4, -0.2) is 79.3 Å². The molecule has 3 amide bonds. The first-order chi connectivity index (χ1) is 23.3. The number of hydrogen-bond acceptors (Lipinski definition) is 8. The van der Waals surface area contributed by atoms with Gasteiger partial charge in [-0.05, 0) is 63.1 Å². The van der Waals surface area contributed by atoms with Crippen molar-refractivity contribution in [1.29, 1.82) is 0 Å². The number of carbonyl (C=O) groups excluding carboxylic acids is 3. The van der Waals surface area contributed by atoms with E-state index >= 15 is 0 Å². The number of carbonyl (C=O) groups is 3. The Morgan fingerprint density at radius 1 is 0.980 bits per heavy atom. The molecule has 0 radical (unpaired) electrons. The lowest BCUT2D eigenvalue weighted by Crippen LogP contribution is -2.50. The van der Waals surface area contributed by atoms with Gasteiger partial charge in [-0.15, -0.1) is 0 Å². The van der Waals surface area contributed by atoms with Gasteiger partial charge >= 0.3 is 0 Å². The number of nitrogens with zero attached hydrogens (tertiary/aromatic N) is 2. The third-order valence-corrected chi connectivity index (χ3v) is 10.5. The number of aliphatic hydroxyl groups is 1. The van der Waals surface area contributed by atoms with Gasteiger partial charge in [0.15, 0.2) is 5.75 Å². The number of hydrogen-bond donors (Lipinski definition) is 4. The molecule has 1 aliphatic heterocycles. The standard InChI is InChI=1S/C36H47N5O7S/c1-24-17-19-27(20-18-24)49(46,47)40(4)22-32-25(2)21-41(26(3)23-42)36(45)28-11-10-14-31(35(28)48-32)39-34(44)16-7-5-6-15-33(43)38-30-13-9-8-12-29(30)37/h8-14,17-20,25-26,32,42H,5-7,15-16,21-23,37H2,1-4H3,(H,38,43)(H,39,44)/t25-,26+,32+/m1/s1. The van der Waals surface area contributed by atoms with Crippen LogP contribution in [0.3, 0.4) is 0 Å². The number of aryl methyl sites for hydroxylation is 1. The number of nitrogen functional groups attached to an aromatic ring is 1. The molecule has 4 rings (SSSR count). The highest BCUT2D eigenvalue weighted by atomic mass is 32.2. The summed E-state index contributed by atoms with van der Waals surface area (Å²) in [5.74, 6) is -1.02. The fraction of sp³-hybridized carbons (Fsp3) is 0.417. The third-order valence-electron chi connectivity index (χ3n) is 8.67. The van der Waals surface area contributed by atoms with Crippen LogP contribution in [0.1, 0.15) is 61.9 Å². The van der Waals surface area contributed by atoms with Crippen LogP contribution < -0.4 is 21.1 Å². The van der Waals surface area contributed by atoms with Gasteiger partial charge in [-0.2, -0.15) is 4.31 Å². The van der Waals surface area contributed by atoms with Crippen LogP contribution in [0.5, 0.6) is 5.75 Å². The van der Waals surface area contributed by atoms with E-state index in [0.717, 1.165) is 5.56 Å². The molecule has 264 valence electrons. The number of rotatable bonds is 14. The maximum atomic E-state index is 13.8. The van der Waals surface area contributed by atoms with E-state index < -0.39 is 22.2 Å².